The molecule has 6 nitrogen and oxygen atoms in total. The van der Waals surface area contributed by atoms with Crippen LogP contribution in [-0.2, 0) is 18.8 Å². The van der Waals surface area contributed by atoms with Crippen LogP contribution in [0, 0.1) is 0 Å². The Kier molecular flexibility index (Phi) is 5.15. The Morgan fingerprint density at radius 3 is 2.29 bits per heavy atom. The predicted molar refractivity (Wildman–Crippen MR) is 90.1 cm³/mol. The van der Waals surface area contributed by atoms with E-state index in [0.29, 0.717) is 5.75 Å². The van der Waals surface area contributed by atoms with E-state index in [1.54, 1.807) is 12.1 Å². The summed E-state index contributed by atoms with van der Waals surface area (Å²) in [5.74, 6) is -0.374. The van der Waals surface area contributed by atoms with E-state index in [1.807, 2.05) is 27.7 Å². The highest BCUT2D eigenvalue weighted by atomic mass is 16.7. The van der Waals surface area contributed by atoms with Crippen LogP contribution in [0.1, 0.15) is 45.5 Å². The van der Waals surface area contributed by atoms with Gasteiger partial charge in [-0.2, -0.15) is 0 Å². The van der Waals surface area contributed by atoms with Crippen LogP contribution in [0.3, 0.4) is 0 Å². The average Bonchev–Trinajstić information content (AvgIpc) is 2.73. The normalized spacial score (nSPS) is 19.8. The number of phenolic OH excluding ortho intramolecular Hbond substituents is 1. The van der Waals surface area contributed by atoms with Gasteiger partial charge >= 0.3 is 13.1 Å². The standard InChI is InChI=1S/C17H25BO6/c1-16(2)17(3,4)24-18(23-16)12(10-15(20)22-6)11-7-8-13(19)14(9-11)21-5/h7-9,12,19H,10H2,1-6H3. The van der Waals surface area contributed by atoms with Crippen molar-refractivity contribution in [3.05, 3.63) is 23.8 Å². The largest absolute Gasteiger partial charge is 0.504 e. The Balaban J connectivity index is 2.38. The van der Waals surface area contributed by atoms with Crippen molar-refractivity contribution in [3.63, 3.8) is 0 Å². The van der Waals surface area contributed by atoms with Gasteiger partial charge in [0.15, 0.2) is 11.5 Å². The van der Waals surface area contributed by atoms with Gasteiger partial charge in [0.1, 0.15) is 0 Å². The summed E-state index contributed by atoms with van der Waals surface area (Å²) in [6, 6.07) is 4.95. The molecule has 24 heavy (non-hydrogen) atoms. The molecular weight excluding hydrogens is 311 g/mol. The maximum atomic E-state index is 11.9. The summed E-state index contributed by atoms with van der Waals surface area (Å²) in [5, 5.41) is 9.80. The van der Waals surface area contributed by atoms with Gasteiger partial charge in [-0.25, -0.2) is 0 Å². The molecule has 0 aromatic heterocycles. The highest BCUT2D eigenvalue weighted by Crippen LogP contribution is 2.42. The number of aromatic hydroxyl groups is 1. The van der Waals surface area contributed by atoms with Crippen molar-refractivity contribution in [2.24, 2.45) is 0 Å². The monoisotopic (exact) mass is 336 g/mol. The number of esters is 1. The molecule has 1 aromatic rings. The Morgan fingerprint density at radius 1 is 1.21 bits per heavy atom. The molecule has 1 N–H and O–H groups in total. The fraction of sp³-hybridized carbons (Fsp3) is 0.588. The maximum Gasteiger partial charge on any atom is 0.466 e. The van der Waals surface area contributed by atoms with Crippen LogP contribution in [0.25, 0.3) is 0 Å². The van der Waals surface area contributed by atoms with E-state index in [0.717, 1.165) is 5.56 Å². The van der Waals surface area contributed by atoms with E-state index in [-0.39, 0.29) is 24.0 Å². The first-order valence-electron chi connectivity index (χ1n) is 7.90. The van der Waals surface area contributed by atoms with Crippen LogP contribution < -0.4 is 4.74 Å². The van der Waals surface area contributed by atoms with Gasteiger partial charge in [0, 0.05) is 5.82 Å². The third-order valence-electron chi connectivity index (χ3n) is 4.85. The van der Waals surface area contributed by atoms with E-state index < -0.39 is 18.3 Å². The lowest BCUT2D eigenvalue weighted by atomic mass is 9.66. The highest BCUT2D eigenvalue weighted by Gasteiger charge is 2.54. The van der Waals surface area contributed by atoms with Crippen LogP contribution in [0.4, 0.5) is 0 Å². The number of rotatable bonds is 5. The van der Waals surface area contributed by atoms with Gasteiger partial charge in [-0.1, -0.05) is 6.07 Å². The molecule has 1 heterocycles. The SMILES string of the molecule is COC(=O)CC(B1OC(C)(C)C(C)(C)O1)c1ccc(O)c(OC)c1. The van der Waals surface area contributed by atoms with Crippen molar-refractivity contribution in [3.8, 4) is 11.5 Å². The molecule has 0 bridgehead atoms. The fourth-order valence-corrected chi connectivity index (χ4v) is 2.61. The van der Waals surface area contributed by atoms with Gasteiger partial charge < -0.3 is 23.9 Å². The molecule has 0 spiro atoms. The Morgan fingerprint density at radius 2 is 1.79 bits per heavy atom. The minimum atomic E-state index is -0.608. The molecule has 1 unspecified atom stereocenters. The minimum absolute atomic E-state index is 0.0342. The average molecular weight is 336 g/mol. The van der Waals surface area contributed by atoms with E-state index in [9.17, 15) is 9.90 Å². The number of carbonyl (C=O) groups is 1. The zero-order valence-corrected chi connectivity index (χ0v) is 15.1. The van der Waals surface area contributed by atoms with Crippen molar-refractivity contribution in [2.75, 3.05) is 14.2 Å². The van der Waals surface area contributed by atoms with Crippen LogP contribution in [0.5, 0.6) is 11.5 Å². The zero-order chi connectivity index (χ0) is 18.1. The minimum Gasteiger partial charge on any atom is -0.504 e. The van der Waals surface area contributed by atoms with E-state index in [4.69, 9.17) is 18.8 Å². The summed E-state index contributed by atoms with van der Waals surface area (Å²) < 4.78 is 22.2. The molecule has 7 heteroatoms. The topological polar surface area (TPSA) is 74.2 Å². The van der Waals surface area contributed by atoms with Crippen LogP contribution in [0.2, 0.25) is 0 Å². The summed E-state index contributed by atoms with van der Waals surface area (Å²) >= 11 is 0. The second kappa shape index (κ2) is 6.65. The molecule has 132 valence electrons. The first kappa shape index (κ1) is 18.6. The quantitative estimate of drug-likeness (QED) is 0.658. The zero-order valence-electron chi connectivity index (χ0n) is 15.1. The van der Waals surface area contributed by atoms with Gasteiger partial charge in [-0.15, -0.1) is 0 Å². The Labute approximate surface area is 143 Å². The summed E-state index contributed by atoms with van der Waals surface area (Å²) in [7, 11) is 2.22. The first-order valence-corrected chi connectivity index (χ1v) is 7.90. The van der Waals surface area contributed by atoms with Gasteiger partial charge in [0.25, 0.3) is 0 Å². The lowest BCUT2D eigenvalue weighted by molar-refractivity contribution is -0.140. The van der Waals surface area contributed by atoms with Gasteiger partial charge in [0.2, 0.25) is 0 Å². The molecule has 1 saturated heterocycles. The van der Waals surface area contributed by atoms with E-state index in [2.05, 4.69) is 0 Å². The first-order chi connectivity index (χ1) is 11.1. The molecule has 1 aliphatic heterocycles. The van der Waals surface area contributed by atoms with Crippen molar-refractivity contribution >= 4 is 13.1 Å². The second-order valence-corrected chi connectivity index (χ2v) is 6.94. The van der Waals surface area contributed by atoms with Crippen molar-refractivity contribution in [1.29, 1.82) is 0 Å². The van der Waals surface area contributed by atoms with E-state index in [1.165, 1.54) is 20.3 Å². The lowest BCUT2D eigenvalue weighted by Gasteiger charge is -2.32. The lowest BCUT2D eigenvalue weighted by Crippen LogP contribution is -2.41. The molecule has 0 saturated carbocycles. The molecule has 2 rings (SSSR count). The summed E-state index contributed by atoms with van der Waals surface area (Å²) in [4.78, 5) is 11.9. The molecule has 0 amide bonds. The molecule has 0 radical (unpaired) electrons. The maximum absolute atomic E-state index is 11.9. The van der Waals surface area contributed by atoms with Crippen molar-refractivity contribution in [2.45, 2.75) is 51.1 Å². The third-order valence-corrected chi connectivity index (χ3v) is 4.85. The molecule has 1 fully saturated rings. The molecule has 1 aliphatic rings. The number of hydrogen-bond acceptors (Lipinski definition) is 6. The Hall–Kier alpha value is -1.73. The highest BCUT2D eigenvalue weighted by molar-refractivity contribution is 6.48. The fourth-order valence-electron chi connectivity index (χ4n) is 2.61. The summed E-state index contributed by atoms with van der Waals surface area (Å²) in [6.45, 7) is 7.83. The molecule has 0 aliphatic carbocycles. The smallest absolute Gasteiger partial charge is 0.466 e. The summed E-state index contributed by atoms with van der Waals surface area (Å²) in [5.41, 5.74) is -0.242. The molecule has 1 atom stereocenters. The third kappa shape index (κ3) is 3.52. The Bertz CT molecular complexity index is 597. The van der Waals surface area contributed by atoms with Gasteiger partial charge in [-0.3, -0.25) is 4.79 Å². The van der Waals surface area contributed by atoms with Gasteiger partial charge in [0.05, 0.1) is 31.8 Å². The van der Waals surface area contributed by atoms with E-state index >= 15 is 0 Å². The molecular formula is C17H25BO6. The number of phenols is 1. The number of carbonyl (C=O) groups excluding carboxylic acids is 1. The number of hydrogen-bond donors (Lipinski definition) is 1. The predicted octanol–water partition coefficient (Wildman–Crippen LogP) is 2.68. The molecule has 1 aromatic carbocycles. The number of benzene rings is 1. The summed E-state index contributed by atoms with van der Waals surface area (Å²) in [6.07, 6.45) is 0.0985. The number of methoxy groups -OCH3 is 2. The second-order valence-electron chi connectivity index (χ2n) is 6.94. The van der Waals surface area contributed by atoms with Crippen LogP contribution in [0.15, 0.2) is 18.2 Å². The number of ether oxygens (including phenoxy) is 2. The van der Waals surface area contributed by atoms with Gasteiger partial charge in [-0.05, 0) is 45.4 Å². The van der Waals surface area contributed by atoms with Crippen molar-refractivity contribution < 1.29 is 28.7 Å². The van der Waals surface area contributed by atoms with Crippen LogP contribution in [-0.4, -0.2) is 43.6 Å². The van der Waals surface area contributed by atoms with Crippen LogP contribution >= 0.6 is 0 Å². The van der Waals surface area contributed by atoms with Crippen molar-refractivity contribution in [1.82, 2.24) is 0 Å².